The zero-order valence-electron chi connectivity index (χ0n) is 7.92. The lowest BCUT2D eigenvalue weighted by Gasteiger charge is -2.01. The van der Waals surface area contributed by atoms with Gasteiger partial charge in [-0.15, -0.1) is 0 Å². The minimum Gasteiger partial charge on any atom is -0.328 e. The molecule has 0 aliphatic rings. The van der Waals surface area contributed by atoms with Crippen molar-refractivity contribution >= 4 is 26.8 Å². The quantitative estimate of drug-likeness (QED) is 0.863. The van der Waals surface area contributed by atoms with Gasteiger partial charge in [0.05, 0.1) is 5.52 Å². The van der Waals surface area contributed by atoms with Gasteiger partial charge in [0.25, 0.3) is 0 Å². The van der Waals surface area contributed by atoms with E-state index in [-0.39, 0.29) is 6.04 Å². The highest BCUT2D eigenvalue weighted by molar-refractivity contribution is 9.10. The normalized spacial score (nSPS) is 13.4. The lowest BCUT2D eigenvalue weighted by Crippen LogP contribution is -2.18. The lowest BCUT2D eigenvalue weighted by atomic mass is 10.1. The molecule has 2 aromatic rings. The first-order chi connectivity index (χ1) is 6.66. The molecule has 3 nitrogen and oxygen atoms in total. The molecule has 1 aromatic heterocycles. The van der Waals surface area contributed by atoms with Gasteiger partial charge in [-0.1, -0.05) is 15.9 Å². The molecule has 0 radical (unpaired) electrons. The van der Waals surface area contributed by atoms with Gasteiger partial charge >= 0.3 is 0 Å². The van der Waals surface area contributed by atoms with Gasteiger partial charge in [0, 0.05) is 28.0 Å². The summed E-state index contributed by atoms with van der Waals surface area (Å²) in [7, 11) is 0. The van der Waals surface area contributed by atoms with Gasteiger partial charge in [0.2, 0.25) is 0 Å². The molecule has 0 fully saturated rings. The van der Waals surface area contributed by atoms with Gasteiger partial charge in [-0.2, -0.15) is 5.10 Å². The number of rotatable bonds is 2. The van der Waals surface area contributed by atoms with Crippen LogP contribution in [0.15, 0.2) is 22.7 Å². The fourth-order valence-electron chi connectivity index (χ4n) is 1.52. The predicted molar refractivity (Wildman–Crippen MR) is 61.1 cm³/mol. The number of fused-ring (bicyclic) bond motifs is 1. The number of aromatic amines is 1. The van der Waals surface area contributed by atoms with E-state index in [2.05, 4.69) is 32.2 Å². The smallest absolute Gasteiger partial charge is 0.0934 e. The molecule has 2 rings (SSSR count). The van der Waals surface area contributed by atoms with Gasteiger partial charge in [0.15, 0.2) is 0 Å². The first kappa shape index (κ1) is 9.68. The molecule has 0 aliphatic heterocycles. The summed E-state index contributed by atoms with van der Waals surface area (Å²) in [5.41, 5.74) is 7.84. The minimum absolute atomic E-state index is 0.155. The highest BCUT2D eigenvalue weighted by Crippen LogP contribution is 2.21. The Morgan fingerprint density at radius 3 is 3.07 bits per heavy atom. The number of hydrogen-bond acceptors (Lipinski definition) is 2. The van der Waals surface area contributed by atoms with E-state index in [1.165, 1.54) is 0 Å². The Morgan fingerprint density at radius 1 is 1.57 bits per heavy atom. The molecule has 14 heavy (non-hydrogen) atoms. The lowest BCUT2D eigenvalue weighted by molar-refractivity contribution is 0.722. The van der Waals surface area contributed by atoms with Gasteiger partial charge in [-0.05, 0) is 25.1 Å². The maximum absolute atomic E-state index is 5.75. The van der Waals surface area contributed by atoms with Gasteiger partial charge < -0.3 is 5.73 Å². The number of H-pyrrole nitrogens is 1. The molecule has 74 valence electrons. The molecule has 1 unspecified atom stereocenters. The monoisotopic (exact) mass is 253 g/mol. The zero-order chi connectivity index (χ0) is 10.1. The number of benzene rings is 1. The highest BCUT2D eigenvalue weighted by Gasteiger charge is 2.06. The maximum Gasteiger partial charge on any atom is 0.0934 e. The van der Waals surface area contributed by atoms with Crippen LogP contribution in [0.3, 0.4) is 0 Å². The van der Waals surface area contributed by atoms with Crippen LogP contribution in [0.5, 0.6) is 0 Å². The summed E-state index contributed by atoms with van der Waals surface area (Å²) in [5.74, 6) is 0. The molecule has 1 atom stereocenters. The van der Waals surface area contributed by atoms with Crippen molar-refractivity contribution in [3.63, 3.8) is 0 Å². The molecule has 0 spiro atoms. The Morgan fingerprint density at radius 2 is 2.36 bits per heavy atom. The highest BCUT2D eigenvalue weighted by atomic mass is 79.9. The van der Waals surface area contributed by atoms with Gasteiger partial charge in [-0.3, -0.25) is 5.10 Å². The Balaban J connectivity index is 2.47. The van der Waals surface area contributed by atoms with Crippen LogP contribution in [-0.2, 0) is 6.42 Å². The first-order valence-electron chi connectivity index (χ1n) is 4.55. The van der Waals surface area contributed by atoms with Crippen LogP contribution in [0.4, 0.5) is 0 Å². The third kappa shape index (κ3) is 1.81. The molecular weight excluding hydrogens is 242 g/mol. The number of hydrogen-bond donors (Lipinski definition) is 2. The van der Waals surface area contributed by atoms with Crippen LogP contribution < -0.4 is 5.73 Å². The number of aromatic nitrogens is 2. The maximum atomic E-state index is 5.75. The number of nitrogens with zero attached hydrogens (tertiary/aromatic N) is 1. The third-order valence-electron chi connectivity index (χ3n) is 2.12. The summed E-state index contributed by atoms with van der Waals surface area (Å²) in [6, 6.07) is 6.22. The van der Waals surface area contributed by atoms with Crippen LogP contribution in [0.25, 0.3) is 10.9 Å². The van der Waals surface area contributed by atoms with Crippen LogP contribution >= 0.6 is 15.9 Å². The molecule has 0 saturated carbocycles. The molecule has 0 aliphatic carbocycles. The summed E-state index contributed by atoms with van der Waals surface area (Å²) in [6.07, 6.45) is 0.831. The Kier molecular flexibility index (Phi) is 2.56. The van der Waals surface area contributed by atoms with Crippen molar-refractivity contribution < 1.29 is 0 Å². The van der Waals surface area contributed by atoms with E-state index in [0.717, 1.165) is 27.5 Å². The average molecular weight is 254 g/mol. The van der Waals surface area contributed by atoms with Crippen molar-refractivity contribution in [1.82, 2.24) is 10.2 Å². The Bertz CT molecular complexity index is 448. The number of halogens is 1. The SMILES string of the molecule is CC(N)Cc1[nH]nc2cc(Br)ccc12. The van der Waals surface area contributed by atoms with Gasteiger partial charge in [0.1, 0.15) is 0 Å². The van der Waals surface area contributed by atoms with Crippen molar-refractivity contribution in [3.05, 3.63) is 28.4 Å². The van der Waals surface area contributed by atoms with E-state index < -0.39 is 0 Å². The zero-order valence-corrected chi connectivity index (χ0v) is 9.51. The van der Waals surface area contributed by atoms with Crippen molar-refractivity contribution in [1.29, 1.82) is 0 Å². The third-order valence-corrected chi connectivity index (χ3v) is 2.62. The van der Waals surface area contributed by atoms with Crippen molar-refractivity contribution in [3.8, 4) is 0 Å². The number of nitrogens with two attached hydrogens (primary N) is 1. The van der Waals surface area contributed by atoms with E-state index in [9.17, 15) is 0 Å². The summed E-state index contributed by atoms with van der Waals surface area (Å²) in [6.45, 7) is 1.99. The molecular formula is C10H12BrN3. The van der Waals surface area contributed by atoms with E-state index in [4.69, 9.17) is 5.73 Å². The van der Waals surface area contributed by atoms with Crippen LogP contribution in [0, 0.1) is 0 Å². The summed E-state index contributed by atoms with van der Waals surface area (Å²) < 4.78 is 1.05. The molecule has 1 aromatic carbocycles. The standard InChI is InChI=1S/C10H12BrN3/c1-6(12)4-9-8-3-2-7(11)5-10(8)14-13-9/h2-3,5-6H,4,12H2,1H3,(H,13,14). The molecule has 0 bridgehead atoms. The largest absolute Gasteiger partial charge is 0.328 e. The van der Waals surface area contributed by atoms with Crippen LogP contribution in [0.1, 0.15) is 12.6 Å². The van der Waals surface area contributed by atoms with Crippen molar-refractivity contribution in [2.75, 3.05) is 0 Å². The van der Waals surface area contributed by atoms with Gasteiger partial charge in [-0.25, -0.2) is 0 Å². The van der Waals surface area contributed by atoms with E-state index >= 15 is 0 Å². The molecule has 1 heterocycles. The predicted octanol–water partition coefficient (Wildman–Crippen LogP) is 2.22. The van der Waals surface area contributed by atoms with Crippen LogP contribution in [-0.4, -0.2) is 16.2 Å². The second-order valence-electron chi connectivity index (χ2n) is 3.55. The topological polar surface area (TPSA) is 54.7 Å². The first-order valence-corrected chi connectivity index (χ1v) is 5.34. The van der Waals surface area contributed by atoms with E-state index in [1.54, 1.807) is 0 Å². The summed E-state index contributed by atoms with van der Waals surface area (Å²) in [4.78, 5) is 0. The fourth-order valence-corrected chi connectivity index (χ4v) is 1.87. The average Bonchev–Trinajstić information content (AvgIpc) is 2.47. The van der Waals surface area contributed by atoms with Crippen molar-refractivity contribution in [2.45, 2.75) is 19.4 Å². The van der Waals surface area contributed by atoms with E-state index in [0.29, 0.717) is 0 Å². The number of nitrogens with one attached hydrogen (secondary N) is 1. The summed E-state index contributed by atoms with van der Waals surface area (Å²) >= 11 is 3.41. The van der Waals surface area contributed by atoms with Crippen LogP contribution in [0.2, 0.25) is 0 Å². The fraction of sp³-hybridized carbons (Fsp3) is 0.300. The second kappa shape index (κ2) is 3.71. The second-order valence-corrected chi connectivity index (χ2v) is 4.46. The molecule has 3 N–H and O–H groups in total. The molecule has 4 heteroatoms. The molecule has 0 amide bonds. The minimum atomic E-state index is 0.155. The molecule has 0 saturated heterocycles. The van der Waals surface area contributed by atoms with Crippen molar-refractivity contribution in [2.24, 2.45) is 5.73 Å². The Hall–Kier alpha value is -0.870. The van der Waals surface area contributed by atoms with E-state index in [1.807, 2.05) is 19.1 Å². The Labute approximate surface area is 90.8 Å². The summed E-state index contributed by atoms with van der Waals surface area (Å²) in [5, 5.41) is 8.40.